The average Bonchev–Trinajstić information content (AvgIpc) is 3.07. The lowest BCUT2D eigenvalue weighted by molar-refractivity contribution is -0.165. The van der Waals surface area contributed by atoms with Crippen molar-refractivity contribution in [2.24, 2.45) is 5.92 Å². The molecule has 0 radical (unpaired) electrons. The molecule has 11 heteroatoms. The van der Waals surface area contributed by atoms with Crippen LogP contribution in [0.4, 0.5) is 22.0 Å². The van der Waals surface area contributed by atoms with Gasteiger partial charge in [0.1, 0.15) is 23.9 Å². The zero-order valence-corrected chi connectivity index (χ0v) is 17.6. The standard InChI is InChI=1S/C22H19F5N2O4/c1-12-19(17(30)9-13(21(31)32-2)10-22(25,26)27)29-8-4-7-18(20(29)28-12)33-11-14-15(23)5-3-6-16(14)24/h3-8,13H,9-11H2,1-2H3. The first-order valence-electron chi connectivity index (χ1n) is 9.73. The third-order valence-electron chi connectivity index (χ3n) is 4.93. The average molecular weight is 470 g/mol. The van der Waals surface area contributed by atoms with Gasteiger partial charge in [-0.1, -0.05) is 6.07 Å². The van der Waals surface area contributed by atoms with Crippen molar-refractivity contribution in [2.75, 3.05) is 7.11 Å². The van der Waals surface area contributed by atoms with Crippen molar-refractivity contribution < 1.29 is 41.0 Å². The molecule has 176 valence electrons. The SMILES string of the molecule is COC(=O)C(CC(=O)c1c(C)nc2c(OCc3c(F)cccc3F)cccn12)CC(F)(F)F. The van der Waals surface area contributed by atoms with Crippen LogP contribution in [0.1, 0.15) is 34.6 Å². The predicted molar refractivity (Wildman–Crippen MR) is 106 cm³/mol. The minimum absolute atomic E-state index is 0.0383. The van der Waals surface area contributed by atoms with E-state index in [9.17, 15) is 31.5 Å². The van der Waals surface area contributed by atoms with Crippen molar-refractivity contribution in [1.82, 2.24) is 9.38 Å². The van der Waals surface area contributed by atoms with Gasteiger partial charge in [-0.2, -0.15) is 13.2 Å². The summed E-state index contributed by atoms with van der Waals surface area (Å²) in [5.41, 5.74) is -0.0277. The summed E-state index contributed by atoms with van der Waals surface area (Å²) in [6, 6.07) is 6.32. The number of imidazole rings is 1. The fourth-order valence-corrected chi connectivity index (χ4v) is 3.43. The van der Waals surface area contributed by atoms with E-state index in [1.807, 2.05) is 0 Å². The highest BCUT2D eigenvalue weighted by molar-refractivity contribution is 5.98. The van der Waals surface area contributed by atoms with Gasteiger partial charge >= 0.3 is 12.1 Å². The Hall–Kier alpha value is -3.50. The summed E-state index contributed by atoms with van der Waals surface area (Å²) in [5, 5.41) is 0. The lowest BCUT2D eigenvalue weighted by atomic mass is 9.96. The lowest BCUT2D eigenvalue weighted by Gasteiger charge is -2.16. The van der Waals surface area contributed by atoms with Crippen molar-refractivity contribution in [2.45, 2.75) is 32.5 Å². The molecule has 0 saturated heterocycles. The number of rotatable bonds is 8. The van der Waals surface area contributed by atoms with Gasteiger partial charge in [0.2, 0.25) is 0 Å². The fourth-order valence-electron chi connectivity index (χ4n) is 3.43. The van der Waals surface area contributed by atoms with Gasteiger partial charge in [-0.15, -0.1) is 0 Å². The molecule has 0 aliphatic carbocycles. The van der Waals surface area contributed by atoms with Crippen LogP contribution in [0.3, 0.4) is 0 Å². The highest BCUT2D eigenvalue weighted by Crippen LogP contribution is 2.30. The Morgan fingerprint density at radius 3 is 2.39 bits per heavy atom. The first-order valence-corrected chi connectivity index (χ1v) is 9.73. The van der Waals surface area contributed by atoms with E-state index in [1.165, 1.54) is 35.7 Å². The molecule has 1 unspecified atom stereocenters. The Labute approximate surface area is 184 Å². The van der Waals surface area contributed by atoms with Crippen molar-refractivity contribution in [3.05, 3.63) is 65.1 Å². The number of pyridine rings is 1. The van der Waals surface area contributed by atoms with Gasteiger partial charge in [0.05, 0.1) is 30.7 Å². The second kappa shape index (κ2) is 9.55. The molecule has 0 bridgehead atoms. The van der Waals surface area contributed by atoms with Crippen LogP contribution >= 0.6 is 0 Å². The quantitative estimate of drug-likeness (QED) is 0.268. The Morgan fingerprint density at radius 1 is 1.12 bits per heavy atom. The summed E-state index contributed by atoms with van der Waals surface area (Å²) < 4.78 is 77.5. The van der Waals surface area contributed by atoms with E-state index in [4.69, 9.17) is 4.74 Å². The van der Waals surface area contributed by atoms with Crippen LogP contribution in [-0.2, 0) is 16.1 Å². The first kappa shape index (κ1) is 24.1. The smallest absolute Gasteiger partial charge is 0.389 e. The number of nitrogens with zero attached hydrogens (tertiary/aromatic N) is 2. The van der Waals surface area contributed by atoms with Crippen LogP contribution in [0, 0.1) is 24.5 Å². The van der Waals surface area contributed by atoms with E-state index in [0.717, 1.165) is 19.2 Å². The Morgan fingerprint density at radius 2 is 1.79 bits per heavy atom. The van der Waals surface area contributed by atoms with Gasteiger partial charge in [-0.05, 0) is 31.2 Å². The summed E-state index contributed by atoms with van der Waals surface area (Å²) in [5.74, 6) is -5.11. The molecule has 1 atom stereocenters. The fraction of sp³-hybridized carbons (Fsp3) is 0.318. The number of aromatic nitrogens is 2. The number of methoxy groups -OCH3 is 1. The largest absolute Gasteiger partial charge is 0.485 e. The number of carbonyl (C=O) groups is 2. The number of benzene rings is 1. The molecule has 0 aliphatic heterocycles. The molecule has 1 aromatic carbocycles. The maximum absolute atomic E-state index is 13.9. The van der Waals surface area contributed by atoms with E-state index in [0.29, 0.717) is 0 Å². The molecule has 0 amide bonds. The molecule has 3 rings (SSSR count). The highest BCUT2D eigenvalue weighted by atomic mass is 19.4. The number of fused-ring (bicyclic) bond motifs is 1. The molecule has 2 aromatic heterocycles. The molecule has 2 heterocycles. The van der Waals surface area contributed by atoms with Crippen LogP contribution in [0.5, 0.6) is 5.75 Å². The van der Waals surface area contributed by atoms with E-state index < -0.39 is 54.9 Å². The number of alkyl halides is 3. The van der Waals surface area contributed by atoms with Crippen LogP contribution in [0.15, 0.2) is 36.5 Å². The summed E-state index contributed by atoms with van der Waals surface area (Å²) in [6.45, 7) is 1.01. The third kappa shape index (κ3) is 5.47. The number of hydrogen-bond donors (Lipinski definition) is 0. The van der Waals surface area contributed by atoms with Crippen LogP contribution in [0.25, 0.3) is 5.65 Å². The lowest BCUT2D eigenvalue weighted by Crippen LogP contribution is -2.26. The molecular weight excluding hydrogens is 451 g/mol. The Bertz CT molecular complexity index is 1170. The van der Waals surface area contributed by atoms with E-state index in [-0.39, 0.29) is 28.3 Å². The van der Waals surface area contributed by atoms with Gasteiger partial charge in [0.15, 0.2) is 17.2 Å². The number of ether oxygens (including phenoxy) is 2. The minimum atomic E-state index is -4.67. The molecule has 0 aliphatic rings. The van der Waals surface area contributed by atoms with Gasteiger partial charge in [0, 0.05) is 12.6 Å². The topological polar surface area (TPSA) is 69.9 Å². The second-order valence-corrected chi connectivity index (χ2v) is 7.27. The number of hydrogen-bond acceptors (Lipinski definition) is 5. The Balaban J connectivity index is 1.90. The van der Waals surface area contributed by atoms with Crippen molar-refractivity contribution in [3.63, 3.8) is 0 Å². The minimum Gasteiger partial charge on any atom is -0.485 e. The number of Topliss-reactive ketones (excluding diaryl/α,β-unsaturated/α-hetero) is 1. The van der Waals surface area contributed by atoms with Crippen LogP contribution < -0.4 is 4.74 Å². The summed E-state index contributed by atoms with van der Waals surface area (Å²) in [7, 11) is 0.942. The Kier molecular flexibility index (Phi) is 6.99. The van der Waals surface area contributed by atoms with Crippen LogP contribution in [-0.4, -0.2) is 34.4 Å². The number of aryl methyl sites for hydroxylation is 1. The van der Waals surface area contributed by atoms with Crippen LogP contribution in [0.2, 0.25) is 0 Å². The monoisotopic (exact) mass is 470 g/mol. The number of ketones is 1. The number of halogens is 5. The van der Waals surface area contributed by atoms with Crippen molar-refractivity contribution >= 4 is 17.4 Å². The predicted octanol–water partition coefficient (Wildman–Crippen LogP) is 4.81. The van der Waals surface area contributed by atoms with E-state index in [2.05, 4.69) is 9.72 Å². The maximum atomic E-state index is 13.9. The number of esters is 1. The van der Waals surface area contributed by atoms with Gasteiger partial charge in [-0.25, -0.2) is 13.8 Å². The summed E-state index contributed by atoms with van der Waals surface area (Å²) >= 11 is 0. The molecule has 6 nitrogen and oxygen atoms in total. The maximum Gasteiger partial charge on any atom is 0.389 e. The molecule has 0 N–H and O–H groups in total. The van der Waals surface area contributed by atoms with E-state index in [1.54, 1.807) is 0 Å². The zero-order valence-electron chi connectivity index (χ0n) is 17.6. The first-order chi connectivity index (χ1) is 15.5. The second-order valence-electron chi connectivity index (χ2n) is 7.27. The van der Waals surface area contributed by atoms with Crippen molar-refractivity contribution in [3.8, 4) is 5.75 Å². The molecular formula is C22H19F5N2O4. The van der Waals surface area contributed by atoms with Gasteiger partial charge in [0.25, 0.3) is 0 Å². The molecule has 0 spiro atoms. The highest BCUT2D eigenvalue weighted by Gasteiger charge is 2.38. The third-order valence-corrected chi connectivity index (χ3v) is 4.93. The molecule has 0 saturated carbocycles. The number of carbonyl (C=O) groups excluding carboxylic acids is 2. The molecule has 33 heavy (non-hydrogen) atoms. The van der Waals surface area contributed by atoms with E-state index >= 15 is 0 Å². The van der Waals surface area contributed by atoms with Gasteiger partial charge in [-0.3, -0.25) is 14.0 Å². The summed E-state index contributed by atoms with van der Waals surface area (Å²) in [4.78, 5) is 28.9. The van der Waals surface area contributed by atoms with Gasteiger partial charge < -0.3 is 9.47 Å². The molecule has 0 fully saturated rings. The normalized spacial score (nSPS) is 12.6. The zero-order chi connectivity index (χ0) is 24.3. The summed E-state index contributed by atoms with van der Waals surface area (Å²) in [6.07, 6.45) is -5.48. The van der Waals surface area contributed by atoms with Crippen molar-refractivity contribution in [1.29, 1.82) is 0 Å². The molecule has 3 aromatic rings.